The van der Waals surface area contributed by atoms with E-state index in [0.29, 0.717) is 5.56 Å². The number of nitrogens with one attached hydrogen (secondary N) is 1. The Hall–Kier alpha value is -1.88. The number of hydrogen-bond acceptors (Lipinski definition) is 5. The lowest BCUT2D eigenvalue weighted by molar-refractivity contribution is -0.144. The summed E-state index contributed by atoms with van der Waals surface area (Å²) in [5, 5.41) is 8.58. The Morgan fingerprint density at radius 2 is 2.00 bits per heavy atom. The van der Waals surface area contributed by atoms with E-state index in [1.165, 1.54) is 31.2 Å². The lowest BCUT2D eigenvalue weighted by Crippen LogP contribution is -2.39. The predicted molar refractivity (Wildman–Crippen MR) is 76.8 cm³/mol. The molecule has 1 rings (SSSR count). The predicted octanol–water partition coefficient (Wildman–Crippen LogP) is 0.260. The van der Waals surface area contributed by atoms with Gasteiger partial charge in [-0.2, -0.15) is 4.72 Å². The Kier molecular flexibility index (Phi) is 6.37. The number of carbonyl (C=O) groups excluding carboxylic acids is 1. The number of ether oxygens (including phenoxy) is 1. The monoisotopic (exact) mass is 311 g/mol. The summed E-state index contributed by atoms with van der Waals surface area (Å²) in [5.74, 6) is 4.49. The molecule has 0 aliphatic carbocycles. The molecule has 0 aliphatic rings. The Morgan fingerprint density at radius 3 is 2.52 bits per heavy atom. The highest BCUT2D eigenvalue weighted by Gasteiger charge is 2.22. The minimum atomic E-state index is -3.81. The van der Waals surface area contributed by atoms with Crippen LogP contribution in [0.1, 0.15) is 19.4 Å². The largest absolute Gasteiger partial charge is 0.465 e. The molecule has 0 bridgehead atoms. The molecule has 21 heavy (non-hydrogen) atoms. The van der Waals surface area contributed by atoms with Crippen LogP contribution in [-0.2, 0) is 19.6 Å². The lowest BCUT2D eigenvalue weighted by atomic mass is 10.2. The first-order chi connectivity index (χ1) is 9.90. The number of aliphatic hydroxyl groups is 1. The van der Waals surface area contributed by atoms with Gasteiger partial charge in [0, 0.05) is 5.56 Å². The molecule has 2 N–H and O–H groups in total. The average Bonchev–Trinajstić information content (AvgIpc) is 2.45. The molecule has 0 saturated heterocycles. The second kappa shape index (κ2) is 7.78. The highest BCUT2D eigenvalue weighted by atomic mass is 32.2. The molecule has 0 spiro atoms. The van der Waals surface area contributed by atoms with E-state index in [1.807, 2.05) is 0 Å². The van der Waals surface area contributed by atoms with E-state index in [1.54, 1.807) is 6.92 Å². The fourth-order valence-electron chi connectivity index (χ4n) is 1.48. The van der Waals surface area contributed by atoms with Gasteiger partial charge in [-0.25, -0.2) is 8.42 Å². The maximum atomic E-state index is 12.1. The summed E-state index contributed by atoms with van der Waals surface area (Å²) in [6, 6.07) is 4.82. The minimum absolute atomic E-state index is 0.0215. The average molecular weight is 311 g/mol. The van der Waals surface area contributed by atoms with Gasteiger partial charge < -0.3 is 9.84 Å². The molecule has 1 aromatic carbocycles. The van der Waals surface area contributed by atoms with Crippen molar-refractivity contribution >= 4 is 16.0 Å². The van der Waals surface area contributed by atoms with Crippen molar-refractivity contribution in [3.05, 3.63) is 29.8 Å². The van der Waals surface area contributed by atoms with Gasteiger partial charge in [-0.3, -0.25) is 4.79 Å². The van der Waals surface area contributed by atoms with E-state index < -0.39 is 22.0 Å². The van der Waals surface area contributed by atoms with E-state index in [4.69, 9.17) is 9.84 Å². The Balaban J connectivity index is 2.85. The van der Waals surface area contributed by atoms with Crippen LogP contribution in [0.25, 0.3) is 0 Å². The third-order valence-electron chi connectivity index (χ3n) is 2.45. The van der Waals surface area contributed by atoms with Crippen LogP contribution in [0.4, 0.5) is 0 Å². The maximum Gasteiger partial charge on any atom is 0.323 e. The first kappa shape index (κ1) is 17.2. The third-order valence-corrected chi connectivity index (χ3v) is 4.01. The van der Waals surface area contributed by atoms with Crippen LogP contribution < -0.4 is 4.72 Å². The summed E-state index contributed by atoms with van der Waals surface area (Å²) < 4.78 is 31.1. The zero-order valence-electron chi connectivity index (χ0n) is 11.8. The Morgan fingerprint density at radius 1 is 1.38 bits per heavy atom. The summed E-state index contributed by atoms with van der Waals surface area (Å²) in [6.45, 7) is 2.98. The topological polar surface area (TPSA) is 92.7 Å². The number of aliphatic hydroxyl groups excluding tert-OH is 1. The molecule has 7 heteroatoms. The number of rotatable bonds is 5. The first-order valence-corrected chi connectivity index (χ1v) is 7.77. The van der Waals surface area contributed by atoms with Gasteiger partial charge in [-0.15, -0.1) is 0 Å². The molecule has 1 aromatic rings. The molecular weight excluding hydrogens is 294 g/mol. The van der Waals surface area contributed by atoms with Crippen LogP contribution in [0.5, 0.6) is 0 Å². The van der Waals surface area contributed by atoms with Gasteiger partial charge in [0.15, 0.2) is 0 Å². The van der Waals surface area contributed by atoms with Gasteiger partial charge >= 0.3 is 5.97 Å². The van der Waals surface area contributed by atoms with E-state index in [0.717, 1.165) is 0 Å². The fourth-order valence-corrected chi connectivity index (χ4v) is 2.67. The summed E-state index contributed by atoms with van der Waals surface area (Å²) in [5.41, 5.74) is 0.585. The quantitative estimate of drug-likeness (QED) is 0.601. The van der Waals surface area contributed by atoms with Crippen LogP contribution in [0.3, 0.4) is 0 Å². The summed E-state index contributed by atoms with van der Waals surface area (Å²) in [4.78, 5) is 11.5. The Bertz CT molecular complexity index is 640. The molecule has 1 unspecified atom stereocenters. The summed E-state index contributed by atoms with van der Waals surface area (Å²) in [7, 11) is -3.81. The molecule has 114 valence electrons. The van der Waals surface area contributed by atoms with Gasteiger partial charge in [0.2, 0.25) is 10.0 Å². The molecule has 0 heterocycles. The molecule has 0 amide bonds. The highest BCUT2D eigenvalue weighted by Crippen LogP contribution is 2.11. The molecule has 0 aromatic heterocycles. The highest BCUT2D eigenvalue weighted by molar-refractivity contribution is 7.89. The molecule has 0 fully saturated rings. The van der Waals surface area contributed by atoms with E-state index >= 15 is 0 Å². The number of hydrogen-bond donors (Lipinski definition) is 2. The van der Waals surface area contributed by atoms with Gasteiger partial charge in [-0.05, 0) is 38.1 Å². The standard InChI is InChI=1S/C14H17NO5S/c1-3-20-14(17)11(2)15-21(18,19)13-8-6-12(7-9-13)5-4-10-16/h6-9,11,15-16H,3,10H2,1-2H3. The van der Waals surface area contributed by atoms with Crippen molar-refractivity contribution in [2.75, 3.05) is 13.2 Å². The second-order valence-electron chi connectivity index (χ2n) is 4.08. The third kappa shape index (κ3) is 5.19. The molecule has 0 aliphatic heterocycles. The molecular formula is C14H17NO5S. The Labute approximate surface area is 124 Å². The van der Waals surface area contributed by atoms with Gasteiger partial charge in [-0.1, -0.05) is 11.8 Å². The number of carbonyl (C=O) groups is 1. The molecule has 0 radical (unpaired) electrons. The smallest absolute Gasteiger partial charge is 0.323 e. The SMILES string of the molecule is CCOC(=O)C(C)NS(=O)(=O)c1ccc(C#CCO)cc1. The van der Waals surface area contributed by atoms with Crippen molar-refractivity contribution < 1.29 is 23.1 Å². The second-order valence-corrected chi connectivity index (χ2v) is 5.79. The van der Waals surface area contributed by atoms with Crippen LogP contribution >= 0.6 is 0 Å². The number of esters is 1. The number of sulfonamides is 1. The minimum Gasteiger partial charge on any atom is -0.465 e. The first-order valence-electron chi connectivity index (χ1n) is 6.29. The van der Waals surface area contributed by atoms with Gasteiger partial charge in [0.05, 0.1) is 11.5 Å². The van der Waals surface area contributed by atoms with Crippen LogP contribution in [0.2, 0.25) is 0 Å². The summed E-state index contributed by atoms with van der Waals surface area (Å²) >= 11 is 0. The lowest BCUT2D eigenvalue weighted by Gasteiger charge is -2.13. The normalized spacial score (nSPS) is 12.1. The van der Waals surface area contributed by atoms with Crippen molar-refractivity contribution in [3.8, 4) is 11.8 Å². The summed E-state index contributed by atoms with van der Waals surface area (Å²) in [6.07, 6.45) is 0. The van der Waals surface area contributed by atoms with Crippen molar-refractivity contribution in [1.82, 2.24) is 4.72 Å². The van der Waals surface area contributed by atoms with E-state index in [-0.39, 0.29) is 18.1 Å². The van der Waals surface area contributed by atoms with Crippen molar-refractivity contribution in [3.63, 3.8) is 0 Å². The molecule has 0 saturated carbocycles. The van der Waals surface area contributed by atoms with E-state index in [2.05, 4.69) is 16.6 Å². The van der Waals surface area contributed by atoms with Crippen molar-refractivity contribution in [2.24, 2.45) is 0 Å². The van der Waals surface area contributed by atoms with Crippen molar-refractivity contribution in [1.29, 1.82) is 0 Å². The van der Waals surface area contributed by atoms with E-state index in [9.17, 15) is 13.2 Å². The number of benzene rings is 1. The van der Waals surface area contributed by atoms with Gasteiger partial charge in [0.25, 0.3) is 0 Å². The van der Waals surface area contributed by atoms with Crippen LogP contribution in [0, 0.1) is 11.8 Å². The van der Waals surface area contributed by atoms with Crippen LogP contribution in [0.15, 0.2) is 29.2 Å². The fraction of sp³-hybridized carbons (Fsp3) is 0.357. The zero-order chi connectivity index (χ0) is 15.9. The maximum absolute atomic E-state index is 12.1. The van der Waals surface area contributed by atoms with Crippen LogP contribution in [-0.4, -0.2) is 38.7 Å². The van der Waals surface area contributed by atoms with Crippen molar-refractivity contribution in [2.45, 2.75) is 24.8 Å². The molecule has 1 atom stereocenters. The zero-order valence-corrected chi connectivity index (χ0v) is 12.6. The van der Waals surface area contributed by atoms with Gasteiger partial charge in [0.1, 0.15) is 12.6 Å². The molecule has 6 nitrogen and oxygen atoms in total.